The lowest BCUT2D eigenvalue weighted by atomic mass is 9.99. The molecule has 1 fully saturated rings. The zero-order chi connectivity index (χ0) is 22.6. The number of phenols is 4. The van der Waals surface area contributed by atoms with Gasteiger partial charge in [0.2, 0.25) is 12.0 Å². The maximum absolute atomic E-state index is 9.81. The highest BCUT2D eigenvalue weighted by Gasteiger charge is 2.45. The van der Waals surface area contributed by atoms with Crippen molar-refractivity contribution < 1.29 is 50.3 Å². The third-order valence-corrected chi connectivity index (χ3v) is 4.60. The lowest BCUT2D eigenvalue weighted by molar-refractivity contribution is -0.277. The normalized spacial score (nSPS) is 25.0. The highest BCUT2D eigenvalue weighted by molar-refractivity contribution is 5.53. The van der Waals surface area contributed by atoms with Gasteiger partial charge in [0, 0.05) is 6.07 Å². The van der Waals surface area contributed by atoms with Crippen LogP contribution in [0.5, 0.6) is 28.7 Å². The Balaban J connectivity index is 0.000000404. The van der Waals surface area contributed by atoms with Gasteiger partial charge in [-0.25, -0.2) is 0 Å². The molecule has 1 aliphatic rings. The first-order valence-corrected chi connectivity index (χ1v) is 9.04. The van der Waals surface area contributed by atoms with Gasteiger partial charge in [-0.1, -0.05) is 19.6 Å². The van der Waals surface area contributed by atoms with Crippen molar-refractivity contribution in [1.29, 1.82) is 0 Å². The first-order valence-electron chi connectivity index (χ1n) is 9.04. The number of benzene rings is 2. The van der Waals surface area contributed by atoms with Crippen LogP contribution in [0.4, 0.5) is 0 Å². The number of aromatic hydroxyl groups is 4. The molecule has 1 heterocycles. The molecule has 1 aliphatic heterocycles. The van der Waals surface area contributed by atoms with Gasteiger partial charge < -0.3 is 50.3 Å². The lowest BCUT2D eigenvalue weighted by Crippen LogP contribution is -2.60. The Morgan fingerprint density at radius 3 is 2.00 bits per heavy atom. The van der Waals surface area contributed by atoms with Crippen LogP contribution in [0.15, 0.2) is 30.3 Å². The van der Waals surface area contributed by atoms with Crippen LogP contribution in [-0.2, 0) is 4.74 Å². The number of hydrogen-bond donors (Lipinski definition) is 8. The number of aliphatic hydroxyl groups excluding tert-OH is 4. The Kier molecular flexibility index (Phi) is 9.35. The molecule has 1 saturated heterocycles. The topological polar surface area (TPSA) is 180 Å². The summed E-state index contributed by atoms with van der Waals surface area (Å²) in [4.78, 5) is 0. The van der Waals surface area contributed by atoms with E-state index in [0.29, 0.717) is 5.56 Å². The Hall–Kier alpha value is -2.76. The molecule has 0 spiro atoms. The van der Waals surface area contributed by atoms with E-state index in [0.717, 1.165) is 5.56 Å². The van der Waals surface area contributed by atoms with E-state index in [1.165, 1.54) is 24.3 Å². The van der Waals surface area contributed by atoms with Crippen molar-refractivity contribution >= 4 is 0 Å². The maximum atomic E-state index is 9.81. The van der Waals surface area contributed by atoms with Gasteiger partial charge in [0.25, 0.3) is 0 Å². The van der Waals surface area contributed by atoms with E-state index < -0.39 is 43.1 Å². The van der Waals surface area contributed by atoms with E-state index in [-0.39, 0.29) is 30.4 Å². The van der Waals surface area contributed by atoms with Crippen LogP contribution in [0.2, 0.25) is 0 Å². The van der Waals surface area contributed by atoms with Gasteiger partial charge in [-0.2, -0.15) is 0 Å². The van der Waals surface area contributed by atoms with Crippen LogP contribution >= 0.6 is 0 Å². The van der Waals surface area contributed by atoms with E-state index >= 15 is 0 Å². The van der Waals surface area contributed by atoms with Crippen molar-refractivity contribution in [3.63, 3.8) is 0 Å². The van der Waals surface area contributed by atoms with E-state index in [4.69, 9.17) is 24.8 Å². The molecule has 0 amide bonds. The SMILES string of the molecule is C.Cc1ccc(O)cc1O.Cc1ccc(OC2OC(CO)C(O)C(O)C2O)c(O)c1O. The molecule has 5 unspecified atom stereocenters. The summed E-state index contributed by atoms with van der Waals surface area (Å²) in [6, 6.07) is 7.34. The molecule has 8 N–H and O–H groups in total. The minimum absolute atomic E-state index is 0. The van der Waals surface area contributed by atoms with Gasteiger partial charge in [0.15, 0.2) is 11.5 Å². The lowest BCUT2D eigenvalue weighted by Gasteiger charge is -2.39. The third kappa shape index (κ3) is 6.12. The van der Waals surface area contributed by atoms with E-state index in [9.17, 15) is 25.5 Å². The minimum Gasteiger partial charge on any atom is -0.508 e. The minimum atomic E-state index is -1.59. The molecular formula is C21H30O10. The summed E-state index contributed by atoms with van der Waals surface area (Å²) in [6.45, 7) is 2.76. The van der Waals surface area contributed by atoms with Crippen LogP contribution in [0, 0.1) is 13.8 Å². The Morgan fingerprint density at radius 2 is 1.45 bits per heavy atom. The van der Waals surface area contributed by atoms with E-state index in [2.05, 4.69) is 0 Å². The monoisotopic (exact) mass is 442 g/mol. The molecule has 3 rings (SSSR count). The van der Waals surface area contributed by atoms with Crippen molar-refractivity contribution in [1.82, 2.24) is 0 Å². The van der Waals surface area contributed by atoms with Gasteiger partial charge in [-0.15, -0.1) is 0 Å². The van der Waals surface area contributed by atoms with Crippen molar-refractivity contribution in [2.75, 3.05) is 6.61 Å². The van der Waals surface area contributed by atoms with Crippen LogP contribution in [0.1, 0.15) is 18.6 Å². The zero-order valence-electron chi connectivity index (χ0n) is 16.4. The van der Waals surface area contributed by atoms with Crippen molar-refractivity contribution in [2.24, 2.45) is 0 Å². The predicted molar refractivity (Wildman–Crippen MR) is 110 cm³/mol. The zero-order valence-corrected chi connectivity index (χ0v) is 16.4. The molecule has 2 aromatic rings. The highest BCUT2D eigenvalue weighted by Crippen LogP contribution is 2.39. The molecule has 2 aromatic carbocycles. The highest BCUT2D eigenvalue weighted by atomic mass is 16.7. The van der Waals surface area contributed by atoms with Crippen LogP contribution < -0.4 is 4.74 Å². The van der Waals surface area contributed by atoms with Crippen molar-refractivity contribution in [3.8, 4) is 28.7 Å². The van der Waals surface area contributed by atoms with E-state index in [1.54, 1.807) is 19.9 Å². The van der Waals surface area contributed by atoms with E-state index in [1.807, 2.05) is 0 Å². The fourth-order valence-electron chi connectivity index (χ4n) is 2.64. The molecule has 0 saturated carbocycles. The second kappa shape index (κ2) is 11.0. The Labute approximate surface area is 179 Å². The summed E-state index contributed by atoms with van der Waals surface area (Å²) in [5.41, 5.74) is 1.20. The Bertz CT molecular complexity index is 854. The van der Waals surface area contributed by atoms with Crippen molar-refractivity contribution in [2.45, 2.75) is 52.0 Å². The number of aryl methyl sites for hydroxylation is 2. The second-order valence-corrected chi connectivity index (χ2v) is 6.86. The number of hydrogen-bond acceptors (Lipinski definition) is 10. The number of rotatable bonds is 3. The summed E-state index contributed by atoms with van der Waals surface area (Å²) in [6.07, 6.45) is -7.21. The Morgan fingerprint density at radius 1 is 0.839 bits per heavy atom. The standard InChI is InChI=1S/C13H18O8.C7H8O2.CH4/c1-5-2-3-6(9(16)8(5)15)20-13-12(19)11(18)10(17)7(4-14)21-13;1-5-2-3-6(8)4-7(5)9;/h2-3,7,10-19H,4H2,1H3;2-4,8-9H,1H3;1H4. The van der Waals surface area contributed by atoms with Gasteiger partial charge in [0.1, 0.15) is 35.9 Å². The van der Waals surface area contributed by atoms with Gasteiger partial charge in [-0.3, -0.25) is 0 Å². The summed E-state index contributed by atoms with van der Waals surface area (Å²) in [7, 11) is 0. The largest absolute Gasteiger partial charge is 0.508 e. The summed E-state index contributed by atoms with van der Waals surface area (Å²) in [5.74, 6) is -0.848. The second-order valence-electron chi connectivity index (χ2n) is 6.86. The molecule has 0 aromatic heterocycles. The fourth-order valence-corrected chi connectivity index (χ4v) is 2.64. The van der Waals surface area contributed by atoms with Gasteiger partial charge >= 0.3 is 0 Å². The summed E-state index contributed by atoms with van der Waals surface area (Å²) >= 11 is 0. The molecule has 0 radical (unpaired) electrons. The summed E-state index contributed by atoms with van der Waals surface area (Å²) < 4.78 is 10.4. The molecule has 31 heavy (non-hydrogen) atoms. The first-order chi connectivity index (χ1) is 14.1. The predicted octanol–water partition coefficient (Wildman–Crippen LogP) is 0.627. The van der Waals surface area contributed by atoms with Crippen LogP contribution in [-0.4, -0.2) is 78.2 Å². The number of ether oxygens (including phenoxy) is 2. The molecule has 5 atom stereocenters. The molecular weight excluding hydrogens is 412 g/mol. The maximum Gasteiger partial charge on any atom is 0.229 e. The fraction of sp³-hybridized carbons (Fsp3) is 0.429. The average molecular weight is 442 g/mol. The number of phenolic OH excluding ortho intramolecular Hbond substituents is 4. The molecule has 0 aliphatic carbocycles. The smallest absolute Gasteiger partial charge is 0.229 e. The first kappa shape index (κ1) is 26.3. The average Bonchev–Trinajstić information content (AvgIpc) is 2.72. The molecule has 10 nitrogen and oxygen atoms in total. The molecule has 174 valence electrons. The molecule has 0 bridgehead atoms. The van der Waals surface area contributed by atoms with Crippen LogP contribution in [0.25, 0.3) is 0 Å². The van der Waals surface area contributed by atoms with Gasteiger partial charge in [0.05, 0.1) is 6.61 Å². The third-order valence-electron chi connectivity index (χ3n) is 4.60. The quantitative estimate of drug-likeness (QED) is 0.314. The van der Waals surface area contributed by atoms with Crippen molar-refractivity contribution in [3.05, 3.63) is 41.5 Å². The summed E-state index contributed by atoms with van der Waals surface area (Å²) in [5, 5.41) is 75.2. The van der Waals surface area contributed by atoms with Crippen LogP contribution in [0.3, 0.4) is 0 Å². The van der Waals surface area contributed by atoms with Gasteiger partial charge in [-0.05, 0) is 37.1 Å². The molecule has 10 heteroatoms. The number of aliphatic hydroxyl groups is 4.